The van der Waals surface area contributed by atoms with E-state index in [9.17, 15) is 18.0 Å². The SMILES string of the molecule is Cc1ccc([C@@H](CNC(=O)C(=O)NCC(C)C)S(=O)(=O)c2cccs2)cc1. The molecule has 0 radical (unpaired) electrons. The van der Waals surface area contributed by atoms with E-state index in [1.165, 1.54) is 0 Å². The number of nitrogens with one attached hydrogen (secondary N) is 2. The Hall–Kier alpha value is -2.19. The van der Waals surface area contributed by atoms with Gasteiger partial charge in [0.2, 0.25) is 0 Å². The fourth-order valence-corrected chi connectivity index (χ4v) is 5.26. The zero-order valence-electron chi connectivity index (χ0n) is 15.6. The minimum absolute atomic E-state index is 0.183. The molecule has 146 valence electrons. The van der Waals surface area contributed by atoms with Crippen LogP contribution in [0.15, 0.2) is 46.0 Å². The lowest BCUT2D eigenvalue weighted by atomic mass is 10.1. The zero-order valence-corrected chi connectivity index (χ0v) is 17.2. The molecule has 8 heteroatoms. The second kappa shape index (κ2) is 9.14. The Morgan fingerprint density at radius 1 is 1.00 bits per heavy atom. The van der Waals surface area contributed by atoms with E-state index in [1.54, 1.807) is 29.6 Å². The Kier molecular flexibility index (Phi) is 7.15. The van der Waals surface area contributed by atoms with Crippen LogP contribution >= 0.6 is 11.3 Å². The average Bonchev–Trinajstić information content (AvgIpc) is 3.16. The normalized spacial score (nSPS) is 12.6. The van der Waals surface area contributed by atoms with Crippen molar-refractivity contribution in [2.24, 2.45) is 5.92 Å². The van der Waals surface area contributed by atoms with Crippen LogP contribution < -0.4 is 10.6 Å². The van der Waals surface area contributed by atoms with E-state index < -0.39 is 26.9 Å². The van der Waals surface area contributed by atoms with Crippen molar-refractivity contribution >= 4 is 33.0 Å². The van der Waals surface area contributed by atoms with Crippen LogP contribution in [0.1, 0.15) is 30.2 Å². The molecular formula is C19H24N2O4S2. The number of amides is 2. The molecule has 0 saturated carbocycles. The molecular weight excluding hydrogens is 384 g/mol. The maximum atomic E-state index is 13.0. The van der Waals surface area contributed by atoms with Gasteiger partial charge in [-0.25, -0.2) is 8.42 Å². The number of carbonyl (C=O) groups excluding carboxylic acids is 2. The predicted molar refractivity (Wildman–Crippen MR) is 106 cm³/mol. The van der Waals surface area contributed by atoms with Gasteiger partial charge in [0.1, 0.15) is 9.46 Å². The zero-order chi connectivity index (χ0) is 20.0. The van der Waals surface area contributed by atoms with Gasteiger partial charge >= 0.3 is 11.8 Å². The van der Waals surface area contributed by atoms with Crippen LogP contribution in [0.2, 0.25) is 0 Å². The average molecular weight is 409 g/mol. The lowest BCUT2D eigenvalue weighted by Gasteiger charge is -2.18. The highest BCUT2D eigenvalue weighted by Crippen LogP contribution is 2.31. The first-order valence-electron chi connectivity index (χ1n) is 8.61. The first kappa shape index (κ1) is 21.1. The summed E-state index contributed by atoms with van der Waals surface area (Å²) in [7, 11) is -3.70. The summed E-state index contributed by atoms with van der Waals surface area (Å²) in [6.45, 7) is 5.93. The van der Waals surface area contributed by atoms with E-state index in [1.807, 2.05) is 32.9 Å². The molecule has 6 nitrogen and oxygen atoms in total. The molecule has 1 aromatic carbocycles. The summed E-state index contributed by atoms with van der Waals surface area (Å²) in [6.07, 6.45) is 0. The van der Waals surface area contributed by atoms with Crippen LogP contribution in [0.3, 0.4) is 0 Å². The highest BCUT2D eigenvalue weighted by Gasteiger charge is 2.31. The summed E-state index contributed by atoms with van der Waals surface area (Å²) in [5.74, 6) is -1.39. The predicted octanol–water partition coefficient (Wildman–Crippen LogP) is 2.46. The van der Waals surface area contributed by atoms with Crippen molar-refractivity contribution in [3.8, 4) is 0 Å². The molecule has 27 heavy (non-hydrogen) atoms. The van der Waals surface area contributed by atoms with Gasteiger partial charge in [0, 0.05) is 13.1 Å². The van der Waals surface area contributed by atoms with Crippen molar-refractivity contribution in [3.63, 3.8) is 0 Å². The summed E-state index contributed by atoms with van der Waals surface area (Å²) in [4.78, 5) is 23.9. The van der Waals surface area contributed by atoms with Gasteiger partial charge in [0.05, 0.1) is 0 Å². The molecule has 0 aliphatic carbocycles. The third-order valence-electron chi connectivity index (χ3n) is 3.92. The van der Waals surface area contributed by atoms with Gasteiger partial charge in [-0.2, -0.15) is 0 Å². The second-order valence-electron chi connectivity index (χ2n) is 6.69. The van der Waals surface area contributed by atoms with Crippen molar-refractivity contribution in [3.05, 3.63) is 52.9 Å². The minimum atomic E-state index is -3.70. The van der Waals surface area contributed by atoms with Crippen molar-refractivity contribution in [1.29, 1.82) is 0 Å². The summed E-state index contributed by atoms with van der Waals surface area (Å²) >= 11 is 1.13. The largest absolute Gasteiger partial charge is 0.348 e. The molecule has 0 fully saturated rings. The lowest BCUT2D eigenvalue weighted by molar-refractivity contribution is -0.139. The molecule has 2 N–H and O–H groups in total. The van der Waals surface area contributed by atoms with Gasteiger partial charge in [0.15, 0.2) is 9.84 Å². The molecule has 2 amide bonds. The number of sulfone groups is 1. The van der Waals surface area contributed by atoms with E-state index >= 15 is 0 Å². The second-order valence-corrected chi connectivity index (χ2v) is 10.00. The third kappa shape index (κ3) is 5.64. The van der Waals surface area contributed by atoms with Gasteiger partial charge in [-0.1, -0.05) is 49.7 Å². The molecule has 1 atom stereocenters. The highest BCUT2D eigenvalue weighted by molar-refractivity contribution is 7.93. The topological polar surface area (TPSA) is 92.3 Å². The lowest BCUT2D eigenvalue weighted by Crippen LogP contribution is -2.43. The molecule has 0 bridgehead atoms. The van der Waals surface area contributed by atoms with Crippen molar-refractivity contribution in [1.82, 2.24) is 10.6 Å². The fourth-order valence-electron chi connectivity index (χ4n) is 2.40. The number of rotatable bonds is 7. The van der Waals surface area contributed by atoms with Crippen LogP contribution in [0.5, 0.6) is 0 Å². The maximum absolute atomic E-state index is 13.0. The van der Waals surface area contributed by atoms with E-state index in [4.69, 9.17) is 0 Å². The first-order valence-corrected chi connectivity index (χ1v) is 11.0. The van der Waals surface area contributed by atoms with Crippen LogP contribution in [-0.2, 0) is 19.4 Å². The van der Waals surface area contributed by atoms with E-state index in [0.717, 1.165) is 16.9 Å². The number of hydrogen-bond acceptors (Lipinski definition) is 5. The molecule has 0 unspecified atom stereocenters. The van der Waals surface area contributed by atoms with E-state index in [2.05, 4.69) is 10.6 Å². The minimum Gasteiger partial charge on any atom is -0.348 e. The van der Waals surface area contributed by atoms with Crippen molar-refractivity contribution in [2.45, 2.75) is 30.2 Å². The van der Waals surface area contributed by atoms with Gasteiger partial charge < -0.3 is 10.6 Å². The molecule has 0 aliphatic rings. The first-order chi connectivity index (χ1) is 12.7. The summed E-state index contributed by atoms with van der Waals surface area (Å²) < 4.78 is 26.3. The quantitative estimate of drug-likeness (QED) is 0.689. The molecule has 0 saturated heterocycles. The molecule has 1 heterocycles. The number of benzene rings is 1. The van der Waals surface area contributed by atoms with Gasteiger partial charge in [-0.15, -0.1) is 11.3 Å². The number of hydrogen-bond donors (Lipinski definition) is 2. The Morgan fingerprint density at radius 3 is 2.11 bits per heavy atom. The maximum Gasteiger partial charge on any atom is 0.309 e. The monoisotopic (exact) mass is 408 g/mol. The summed E-state index contributed by atoms with van der Waals surface area (Å²) in [5, 5.41) is 5.70. The Bertz CT molecular complexity index is 873. The third-order valence-corrected chi connectivity index (χ3v) is 7.46. The Labute approximate surface area is 163 Å². The smallest absolute Gasteiger partial charge is 0.309 e. The standard InChI is InChI=1S/C19H24N2O4S2/c1-13(2)11-20-18(22)19(23)21-12-16(15-8-6-14(3)7-9-15)27(24,25)17-5-4-10-26-17/h4-10,13,16H,11-12H2,1-3H3,(H,20,22)(H,21,23)/t16-/m1/s1. The van der Waals surface area contributed by atoms with Gasteiger partial charge in [0.25, 0.3) is 0 Å². The van der Waals surface area contributed by atoms with E-state index in [0.29, 0.717) is 12.1 Å². The van der Waals surface area contributed by atoms with Crippen LogP contribution in [-0.4, -0.2) is 33.3 Å². The van der Waals surface area contributed by atoms with E-state index in [-0.39, 0.29) is 16.7 Å². The molecule has 2 aromatic rings. The van der Waals surface area contributed by atoms with Gasteiger partial charge in [-0.3, -0.25) is 9.59 Å². The Balaban J connectivity index is 2.20. The van der Waals surface area contributed by atoms with Crippen LogP contribution in [0.4, 0.5) is 0 Å². The Morgan fingerprint density at radius 2 is 1.59 bits per heavy atom. The summed E-state index contributed by atoms with van der Waals surface area (Å²) in [5.41, 5.74) is 1.57. The molecule has 0 aliphatic heterocycles. The molecule has 2 rings (SSSR count). The molecule has 0 spiro atoms. The number of carbonyl (C=O) groups is 2. The fraction of sp³-hybridized carbons (Fsp3) is 0.368. The van der Waals surface area contributed by atoms with Gasteiger partial charge in [-0.05, 0) is 29.9 Å². The van der Waals surface area contributed by atoms with Crippen LogP contribution in [0, 0.1) is 12.8 Å². The van der Waals surface area contributed by atoms with Crippen LogP contribution in [0.25, 0.3) is 0 Å². The molecule has 1 aromatic heterocycles. The highest BCUT2D eigenvalue weighted by atomic mass is 32.2. The summed E-state index contributed by atoms with van der Waals surface area (Å²) in [6, 6.07) is 10.3. The van der Waals surface area contributed by atoms with Crippen molar-refractivity contribution in [2.75, 3.05) is 13.1 Å². The number of aryl methyl sites for hydroxylation is 1. The number of thiophene rings is 1. The van der Waals surface area contributed by atoms with Crippen molar-refractivity contribution < 1.29 is 18.0 Å².